The molecule has 3 rings (SSSR count). The minimum Gasteiger partial charge on any atom is -0.343 e. The number of rotatable bonds is 3. The molecule has 2 aliphatic rings. The molecule has 0 unspecified atom stereocenters. The first kappa shape index (κ1) is 15.2. The van der Waals surface area contributed by atoms with E-state index in [-0.39, 0.29) is 29.4 Å². The van der Waals surface area contributed by atoms with Crippen LogP contribution in [-0.2, 0) is 4.79 Å². The largest absolute Gasteiger partial charge is 0.343 e. The Bertz CT molecular complexity index is 541. The fourth-order valence-corrected chi connectivity index (χ4v) is 3.49. The summed E-state index contributed by atoms with van der Waals surface area (Å²) in [6.45, 7) is 3.02. The highest BCUT2D eigenvalue weighted by atomic mass is 16.5. The van der Waals surface area contributed by atoms with Gasteiger partial charge in [-0.05, 0) is 25.7 Å². The van der Waals surface area contributed by atoms with Crippen LogP contribution in [0.1, 0.15) is 74.3 Å². The van der Waals surface area contributed by atoms with Crippen molar-refractivity contribution in [1.82, 2.24) is 15.0 Å². The van der Waals surface area contributed by atoms with Crippen molar-refractivity contribution in [1.29, 1.82) is 0 Å². The van der Waals surface area contributed by atoms with Gasteiger partial charge in [-0.3, -0.25) is 9.59 Å². The molecule has 120 valence electrons. The average molecular weight is 305 g/mol. The summed E-state index contributed by atoms with van der Waals surface area (Å²) in [6, 6.07) is 0. The van der Waals surface area contributed by atoms with E-state index in [0.29, 0.717) is 19.0 Å². The number of carbonyl (C=O) groups excluding carboxylic acids is 2. The number of aromatic nitrogens is 2. The summed E-state index contributed by atoms with van der Waals surface area (Å²) in [7, 11) is 0. The Labute approximate surface area is 130 Å². The SMILES string of the molecule is CC(=O)N1CCC(c2nc(C(=O)C3CCCCC3)no2)CC1. The fraction of sp³-hybridized carbons (Fsp3) is 0.750. The maximum Gasteiger partial charge on any atom is 0.238 e. The summed E-state index contributed by atoms with van der Waals surface area (Å²) in [5.74, 6) is 1.18. The molecule has 0 spiro atoms. The normalized spacial score (nSPS) is 21.0. The van der Waals surface area contributed by atoms with E-state index in [2.05, 4.69) is 10.1 Å². The smallest absolute Gasteiger partial charge is 0.238 e. The van der Waals surface area contributed by atoms with Crippen LogP contribution >= 0.6 is 0 Å². The zero-order valence-corrected chi connectivity index (χ0v) is 13.1. The van der Waals surface area contributed by atoms with E-state index in [0.717, 1.165) is 38.5 Å². The second-order valence-electron chi connectivity index (χ2n) is 6.44. The van der Waals surface area contributed by atoms with Crippen LogP contribution in [0.15, 0.2) is 4.52 Å². The van der Waals surface area contributed by atoms with Gasteiger partial charge in [-0.15, -0.1) is 0 Å². The van der Waals surface area contributed by atoms with Crippen LogP contribution in [0.4, 0.5) is 0 Å². The van der Waals surface area contributed by atoms with Crippen LogP contribution in [0.25, 0.3) is 0 Å². The second-order valence-corrected chi connectivity index (χ2v) is 6.44. The van der Waals surface area contributed by atoms with Crippen molar-refractivity contribution in [2.24, 2.45) is 5.92 Å². The van der Waals surface area contributed by atoms with Crippen molar-refractivity contribution < 1.29 is 14.1 Å². The Kier molecular flexibility index (Phi) is 4.55. The van der Waals surface area contributed by atoms with Gasteiger partial charge >= 0.3 is 0 Å². The number of hydrogen-bond donors (Lipinski definition) is 0. The molecule has 6 nitrogen and oxygen atoms in total. The third-order valence-electron chi connectivity index (χ3n) is 4.93. The first-order chi connectivity index (χ1) is 10.6. The minimum absolute atomic E-state index is 0.0378. The number of amides is 1. The number of carbonyl (C=O) groups is 2. The topological polar surface area (TPSA) is 76.3 Å². The molecule has 1 amide bonds. The van der Waals surface area contributed by atoms with Gasteiger partial charge in [0.15, 0.2) is 0 Å². The number of ketones is 1. The van der Waals surface area contributed by atoms with Crippen LogP contribution in [0.3, 0.4) is 0 Å². The molecule has 1 aliphatic carbocycles. The quantitative estimate of drug-likeness (QED) is 0.802. The lowest BCUT2D eigenvalue weighted by atomic mass is 9.86. The van der Waals surface area contributed by atoms with Crippen LogP contribution in [0.5, 0.6) is 0 Å². The van der Waals surface area contributed by atoms with Crippen LogP contribution in [-0.4, -0.2) is 39.8 Å². The second kappa shape index (κ2) is 6.58. The molecule has 0 N–H and O–H groups in total. The molecule has 6 heteroatoms. The van der Waals surface area contributed by atoms with E-state index in [1.807, 2.05) is 4.90 Å². The lowest BCUT2D eigenvalue weighted by Gasteiger charge is -2.29. The molecule has 2 heterocycles. The fourth-order valence-electron chi connectivity index (χ4n) is 3.49. The van der Waals surface area contributed by atoms with Crippen molar-refractivity contribution in [2.75, 3.05) is 13.1 Å². The van der Waals surface area contributed by atoms with Crippen LogP contribution < -0.4 is 0 Å². The molecule has 1 aliphatic heterocycles. The van der Waals surface area contributed by atoms with Gasteiger partial charge in [-0.2, -0.15) is 4.98 Å². The lowest BCUT2D eigenvalue weighted by molar-refractivity contribution is -0.129. The number of Topliss-reactive ketones (excluding diaryl/α,β-unsaturated/α-hetero) is 1. The van der Waals surface area contributed by atoms with Crippen molar-refractivity contribution in [3.63, 3.8) is 0 Å². The van der Waals surface area contributed by atoms with Crippen molar-refractivity contribution in [2.45, 2.75) is 57.8 Å². The Balaban J connectivity index is 1.61. The number of hydrogen-bond acceptors (Lipinski definition) is 5. The molecule has 1 saturated heterocycles. The standard InChI is InChI=1S/C16H23N3O3/c1-11(20)19-9-7-13(8-10-19)16-17-15(18-22-16)14(21)12-5-3-2-4-6-12/h12-13H,2-10H2,1H3. The van der Waals surface area contributed by atoms with Crippen LogP contribution in [0.2, 0.25) is 0 Å². The molecule has 0 radical (unpaired) electrons. The van der Waals surface area contributed by atoms with Gasteiger partial charge in [0.05, 0.1) is 0 Å². The number of piperidine rings is 1. The van der Waals surface area contributed by atoms with Gasteiger partial charge < -0.3 is 9.42 Å². The van der Waals surface area contributed by atoms with Crippen LogP contribution in [0, 0.1) is 5.92 Å². The highest BCUT2D eigenvalue weighted by Crippen LogP contribution is 2.29. The van der Waals surface area contributed by atoms with Crippen molar-refractivity contribution in [3.05, 3.63) is 11.7 Å². The molecule has 1 aromatic heterocycles. The molecule has 0 bridgehead atoms. The zero-order chi connectivity index (χ0) is 15.5. The van der Waals surface area contributed by atoms with E-state index in [1.165, 1.54) is 6.42 Å². The predicted octanol–water partition coefficient (Wildman–Crippen LogP) is 2.56. The van der Waals surface area contributed by atoms with Gasteiger partial charge in [0.2, 0.25) is 23.4 Å². The Morgan fingerprint density at radius 1 is 1.09 bits per heavy atom. The summed E-state index contributed by atoms with van der Waals surface area (Å²) in [4.78, 5) is 29.9. The lowest BCUT2D eigenvalue weighted by Crippen LogP contribution is -2.36. The molecule has 2 fully saturated rings. The van der Waals surface area contributed by atoms with E-state index >= 15 is 0 Å². The molecular weight excluding hydrogens is 282 g/mol. The summed E-state index contributed by atoms with van der Waals surface area (Å²) >= 11 is 0. The average Bonchev–Trinajstić information content (AvgIpc) is 3.05. The molecule has 0 aromatic carbocycles. The maximum absolute atomic E-state index is 12.4. The first-order valence-electron chi connectivity index (χ1n) is 8.28. The van der Waals surface area contributed by atoms with E-state index in [1.54, 1.807) is 6.92 Å². The highest BCUT2D eigenvalue weighted by Gasteiger charge is 2.30. The third kappa shape index (κ3) is 3.20. The van der Waals surface area contributed by atoms with Gasteiger partial charge in [-0.25, -0.2) is 0 Å². The minimum atomic E-state index is 0.0378. The molecule has 22 heavy (non-hydrogen) atoms. The van der Waals surface area contributed by atoms with Gasteiger partial charge in [0.1, 0.15) is 0 Å². The number of nitrogens with zero attached hydrogens (tertiary/aromatic N) is 3. The van der Waals surface area contributed by atoms with Gasteiger partial charge in [0, 0.05) is 31.8 Å². The molecule has 1 saturated carbocycles. The summed E-state index contributed by atoms with van der Waals surface area (Å²) in [6.07, 6.45) is 6.97. The first-order valence-corrected chi connectivity index (χ1v) is 8.28. The predicted molar refractivity (Wildman–Crippen MR) is 79.4 cm³/mol. The Morgan fingerprint density at radius 3 is 2.41 bits per heavy atom. The summed E-state index contributed by atoms with van der Waals surface area (Å²) < 4.78 is 5.33. The Hall–Kier alpha value is -1.72. The van der Waals surface area contributed by atoms with E-state index < -0.39 is 0 Å². The van der Waals surface area contributed by atoms with E-state index in [9.17, 15) is 9.59 Å². The monoisotopic (exact) mass is 305 g/mol. The number of likely N-dealkylation sites (tertiary alicyclic amines) is 1. The zero-order valence-electron chi connectivity index (χ0n) is 13.1. The summed E-state index contributed by atoms with van der Waals surface area (Å²) in [5.41, 5.74) is 0. The molecule has 1 aromatic rings. The molecule has 0 atom stereocenters. The third-order valence-corrected chi connectivity index (χ3v) is 4.93. The van der Waals surface area contributed by atoms with E-state index in [4.69, 9.17) is 4.52 Å². The Morgan fingerprint density at radius 2 is 1.77 bits per heavy atom. The summed E-state index contributed by atoms with van der Waals surface area (Å²) in [5, 5.41) is 3.90. The maximum atomic E-state index is 12.4. The highest BCUT2D eigenvalue weighted by molar-refractivity contribution is 5.94. The van der Waals surface area contributed by atoms with Gasteiger partial charge in [0.25, 0.3) is 0 Å². The van der Waals surface area contributed by atoms with Crippen molar-refractivity contribution in [3.8, 4) is 0 Å². The molecular formula is C16H23N3O3. The van der Waals surface area contributed by atoms with Gasteiger partial charge in [-0.1, -0.05) is 24.4 Å². The van der Waals surface area contributed by atoms with Crippen molar-refractivity contribution >= 4 is 11.7 Å².